The van der Waals surface area contributed by atoms with Crippen molar-refractivity contribution in [3.63, 3.8) is 0 Å². The van der Waals surface area contributed by atoms with E-state index in [0.29, 0.717) is 36.7 Å². The quantitative estimate of drug-likeness (QED) is 0.462. The molecule has 0 radical (unpaired) electrons. The Morgan fingerprint density at radius 3 is 2.59 bits per heavy atom. The number of halogens is 1. The number of carbonyl (C=O) groups is 1. The van der Waals surface area contributed by atoms with E-state index in [0.717, 1.165) is 16.9 Å². The van der Waals surface area contributed by atoms with E-state index < -0.39 is 30.5 Å². The molecule has 0 aromatic heterocycles. The summed E-state index contributed by atoms with van der Waals surface area (Å²) in [6.07, 6.45) is -5.01. The first-order chi connectivity index (χ1) is 16.4. The average Bonchev–Trinajstić information content (AvgIpc) is 2.82. The highest BCUT2D eigenvalue weighted by molar-refractivity contribution is 6.31. The van der Waals surface area contributed by atoms with E-state index in [1.165, 1.54) is 0 Å². The molecule has 0 spiro atoms. The summed E-state index contributed by atoms with van der Waals surface area (Å²) in [7, 11) is 0. The Hall–Kier alpha value is -2.20. The summed E-state index contributed by atoms with van der Waals surface area (Å²) < 4.78 is 11.6. The zero-order chi connectivity index (χ0) is 24.2. The number of carbonyl (C=O) groups excluding carboxylic acids is 1. The number of ether oxygens (including phenoxy) is 2. The number of nitrogens with zero attached hydrogens (tertiary/aromatic N) is 1. The van der Waals surface area contributed by atoms with Gasteiger partial charge >= 0.3 is 0 Å². The highest BCUT2D eigenvalue weighted by Crippen LogP contribution is 2.35. The topological polar surface area (TPSA) is 111 Å². The second-order valence-electron chi connectivity index (χ2n) is 8.76. The summed E-state index contributed by atoms with van der Waals surface area (Å²) in [4.78, 5) is 13.6. The van der Waals surface area contributed by atoms with Gasteiger partial charge in [-0.05, 0) is 48.2 Å². The number of hydrogen-bond acceptors (Lipinski definition) is 7. The maximum absolute atomic E-state index is 11.7. The van der Waals surface area contributed by atoms with Gasteiger partial charge in [0.2, 0.25) is 5.91 Å². The summed E-state index contributed by atoms with van der Waals surface area (Å²) in [6, 6.07) is 13.1. The molecular formula is C25H31ClN2O6. The molecule has 2 fully saturated rings. The molecule has 0 bridgehead atoms. The SMILES string of the molecule is CCOc1ccc(Cc2cc([C@@H]3O[C@H](CN4CCNC(=O)C4)[C@@H](O)[C@H](O)[C@H]3O)ccc2Cl)cc1. The second-order valence-corrected chi connectivity index (χ2v) is 9.16. The third-order valence-electron chi connectivity index (χ3n) is 6.30. The largest absolute Gasteiger partial charge is 0.494 e. The molecule has 0 aliphatic carbocycles. The van der Waals surface area contributed by atoms with Gasteiger partial charge in [-0.3, -0.25) is 9.69 Å². The third-order valence-corrected chi connectivity index (χ3v) is 6.66. The molecule has 2 aromatic rings. The first-order valence-electron chi connectivity index (χ1n) is 11.5. The van der Waals surface area contributed by atoms with Crippen LogP contribution < -0.4 is 10.1 Å². The molecule has 2 aliphatic heterocycles. The molecule has 2 saturated heterocycles. The molecule has 4 rings (SSSR count). The summed E-state index contributed by atoms with van der Waals surface area (Å²) in [5, 5.41) is 35.1. The van der Waals surface area contributed by atoms with E-state index in [9.17, 15) is 20.1 Å². The summed E-state index contributed by atoms with van der Waals surface area (Å²) in [5.74, 6) is 0.708. The Kier molecular flexibility index (Phi) is 8.08. The third kappa shape index (κ3) is 5.71. The first-order valence-corrected chi connectivity index (χ1v) is 11.9. The fraction of sp³-hybridized carbons (Fsp3) is 0.480. The number of amides is 1. The van der Waals surface area contributed by atoms with Gasteiger partial charge in [-0.1, -0.05) is 35.9 Å². The molecule has 184 valence electrons. The zero-order valence-corrected chi connectivity index (χ0v) is 19.8. The summed E-state index contributed by atoms with van der Waals surface area (Å²) in [6.45, 7) is 4.13. The van der Waals surface area contributed by atoms with Gasteiger partial charge in [0.15, 0.2) is 0 Å². The van der Waals surface area contributed by atoms with Gasteiger partial charge < -0.3 is 30.1 Å². The highest BCUT2D eigenvalue weighted by Gasteiger charge is 2.45. The number of aliphatic hydroxyl groups excluding tert-OH is 3. The maximum Gasteiger partial charge on any atom is 0.234 e. The smallest absolute Gasteiger partial charge is 0.234 e. The van der Waals surface area contributed by atoms with Crippen LogP contribution in [0.25, 0.3) is 0 Å². The normalized spacial score (nSPS) is 27.9. The molecular weight excluding hydrogens is 460 g/mol. The molecule has 2 heterocycles. The fourth-order valence-corrected chi connectivity index (χ4v) is 4.66. The zero-order valence-electron chi connectivity index (χ0n) is 19.1. The van der Waals surface area contributed by atoms with E-state index in [2.05, 4.69) is 5.32 Å². The second kappa shape index (κ2) is 11.0. The molecule has 1 amide bonds. The van der Waals surface area contributed by atoms with Crippen LogP contribution >= 0.6 is 11.6 Å². The highest BCUT2D eigenvalue weighted by atomic mass is 35.5. The number of rotatable bonds is 7. The molecule has 5 atom stereocenters. The van der Waals surface area contributed by atoms with Gasteiger partial charge in [-0.2, -0.15) is 0 Å². The number of benzene rings is 2. The lowest BCUT2D eigenvalue weighted by atomic mass is 9.89. The lowest BCUT2D eigenvalue weighted by molar-refractivity contribution is -0.228. The minimum Gasteiger partial charge on any atom is -0.494 e. The lowest BCUT2D eigenvalue weighted by Crippen LogP contribution is -2.59. The molecule has 8 nitrogen and oxygen atoms in total. The van der Waals surface area contributed by atoms with E-state index in [1.807, 2.05) is 42.2 Å². The van der Waals surface area contributed by atoms with E-state index in [-0.39, 0.29) is 19.0 Å². The molecule has 0 unspecified atom stereocenters. The van der Waals surface area contributed by atoms with Crippen LogP contribution in [0.2, 0.25) is 5.02 Å². The Balaban J connectivity index is 1.51. The van der Waals surface area contributed by atoms with E-state index >= 15 is 0 Å². The van der Waals surface area contributed by atoms with Gasteiger partial charge in [0, 0.05) is 24.7 Å². The van der Waals surface area contributed by atoms with Gasteiger partial charge in [-0.25, -0.2) is 0 Å². The summed E-state index contributed by atoms with van der Waals surface area (Å²) in [5.41, 5.74) is 2.55. The number of piperazine rings is 1. The molecule has 9 heteroatoms. The average molecular weight is 491 g/mol. The van der Waals surface area contributed by atoms with Crippen LogP contribution in [-0.4, -0.2) is 83.3 Å². The van der Waals surface area contributed by atoms with Crippen molar-refractivity contribution in [3.05, 3.63) is 64.2 Å². The van der Waals surface area contributed by atoms with E-state index in [4.69, 9.17) is 21.1 Å². The Morgan fingerprint density at radius 1 is 1.12 bits per heavy atom. The van der Waals surface area contributed by atoms with Crippen molar-refractivity contribution in [2.45, 2.75) is 43.9 Å². The van der Waals surface area contributed by atoms with Crippen molar-refractivity contribution in [1.82, 2.24) is 10.2 Å². The van der Waals surface area contributed by atoms with Crippen LogP contribution in [-0.2, 0) is 16.0 Å². The van der Waals surface area contributed by atoms with Crippen molar-refractivity contribution in [2.24, 2.45) is 0 Å². The van der Waals surface area contributed by atoms with Gasteiger partial charge in [0.25, 0.3) is 0 Å². The van der Waals surface area contributed by atoms with Crippen LogP contribution in [0, 0.1) is 0 Å². The van der Waals surface area contributed by atoms with Crippen LogP contribution in [0.5, 0.6) is 5.75 Å². The van der Waals surface area contributed by atoms with Crippen molar-refractivity contribution in [1.29, 1.82) is 0 Å². The fourth-order valence-electron chi connectivity index (χ4n) is 4.48. The van der Waals surface area contributed by atoms with Gasteiger partial charge in [-0.15, -0.1) is 0 Å². The van der Waals surface area contributed by atoms with Gasteiger partial charge in [0.05, 0.1) is 19.3 Å². The Labute approximate surface area is 204 Å². The Bertz CT molecular complexity index is 988. The monoisotopic (exact) mass is 490 g/mol. The molecule has 2 aromatic carbocycles. The number of aliphatic hydroxyl groups is 3. The standard InChI is InChI=1S/C25H31ClN2O6/c1-2-33-18-6-3-15(4-7-18)11-17-12-16(5-8-19(17)26)25-24(32)23(31)22(30)20(34-25)13-28-10-9-27-21(29)14-28/h3-8,12,20,22-25,30-32H,2,9-11,13-14H2,1H3,(H,27,29)/t20-,22-,23+,24-,25+/m1/s1. The Morgan fingerprint density at radius 2 is 1.88 bits per heavy atom. The van der Waals surface area contributed by atoms with Gasteiger partial charge in [0.1, 0.15) is 30.2 Å². The maximum atomic E-state index is 11.7. The van der Waals surface area contributed by atoms with Crippen molar-refractivity contribution >= 4 is 17.5 Å². The molecule has 4 N–H and O–H groups in total. The molecule has 34 heavy (non-hydrogen) atoms. The van der Waals surface area contributed by atoms with Crippen LogP contribution in [0.15, 0.2) is 42.5 Å². The van der Waals surface area contributed by atoms with E-state index in [1.54, 1.807) is 12.1 Å². The van der Waals surface area contributed by atoms with Crippen LogP contribution in [0.3, 0.4) is 0 Å². The molecule has 2 aliphatic rings. The van der Waals surface area contributed by atoms with Crippen molar-refractivity contribution in [3.8, 4) is 5.75 Å². The predicted molar refractivity (Wildman–Crippen MR) is 127 cm³/mol. The minimum atomic E-state index is -1.38. The number of hydrogen-bond donors (Lipinski definition) is 4. The minimum absolute atomic E-state index is 0.0923. The predicted octanol–water partition coefficient (Wildman–Crippen LogP) is 1.28. The first kappa shape index (κ1) is 24.9. The number of nitrogens with one attached hydrogen (secondary N) is 1. The molecule has 0 saturated carbocycles. The van der Waals surface area contributed by atoms with Crippen molar-refractivity contribution in [2.75, 3.05) is 32.8 Å². The summed E-state index contributed by atoms with van der Waals surface area (Å²) >= 11 is 6.46. The van der Waals surface area contributed by atoms with Crippen LogP contribution in [0.1, 0.15) is 29.7 Å². The van der Waals surface area contributed by atoms with Crippen LogP contribution in [0.4, 0.5) is 0 Å². The van der Waals surface area contributed by atoms with Crippen molar-refractivity contribution < 1.29 is 29.6 Å². The lowest BCUT2D eigenvalue weighted by Gasteiger charge is -2.43.